The molecule has 0 bridgehead atoms. The summed E-state index contributed by atoms with van der Waals surface area (Å²) in [4.78, 5) is 51.6. The molecule has 10 rings (SSSR count). The van der Waals surface area contributed by atoms with Crippen molar-refractivity contribution < 1.29 is 62.3 Å². The molecule has 4 aromatic carbocycles. The van der Waals surface area contributed by atoms with Crippen LogP contribution in [-0.4, -0.2) is 126 Å². The predicted molar refractivity (Wildman–Crippen MR) is 261 cm³/mol. The van der Waals surface area contributed by atoms with Crippen LogP contribution in [0.2, 0.25) is 10.0 Å². The molecule has 2 fully saturated rings. The number of hydrogen-bond acceptors (Lipinski definition) is 15. The zero-order valence-electron chi connectivity index (χ0n) is 37.8. The van der Waals surface area contributed by atoms with E-state index >= 15 is 0 Å². The van der Waals surface area contributed by atoms with Crippen LogP contribution < -0.4 is 30.0 Å². The maximum absolute atomic E-state index is 12.9. The van der Waals surface area contributed by atoms with Crippen molar-refractivity contribution >= 4 is 68.6 Å². The number of rotatable bonds is 13. The first-order valence-corrected chi connectivity index (χ1v) is 23.2. The SMILES string of the molecule is C.CC1CN(C[C@@H](N)[C@H](O)c2ccc3c(c2)OCCO3)C1.CC1CN(C[C@@H](NC(=O)C(=O)c2cc3cc(Cl)ccc3o2)[C@H](O)c2ccc3c(c2)OCCO3)C1.O=C(O)C(=O)c1cc2cc(Cl)ccc2o1. The fourth-order valence-corrected chi connectivity index (χ4v) is 8.89. The summed E-state index contributed by atoms with van der Waals surface area (Å²) in [5, 5.41) is 35.0. The van der Waals surface area contributed by atoms with E-state index < -0.39 is 41.7 Å². The minimum Gasteiger partial charge on any atom is -0.486 e. The van der Waals surface area contributed by atoms with E-state index in [9.17, 15) is 29.4 Å². The van der Waals surface area contributed by atoms with Crippen LogP contribution in [0.4, 0.5) is 0 Å². The van der Waals surface area contributed by atoms with Gasteiger partial charge in [0.25, 0.3) is 11.7 Å². The third-order valence-corrected chi connectivity index (χ3v) is 12.4. The number of likely N-dealkylation sites (tertiary alicyclic amines) is 2. The Morgan fingerprint density at radius 2 is 1.07 bits per heavy atom. The summed E-state index contributed by atoms with van der Waals surface area (Å²) in [5.41, 5.74) is 8.36. The number of benzene rings is 4. The number of nitrogens with two attached hydrogens (primary N) is 1. The largest absolute Gasteiger partial charge is 0.486 e. The van der Waals surface area contributed by atoms with E-state index in [-0.39, 0.29) is 25.0 Å². The lowest BCUT2D eigenvalue weighted by Gasteiger charge is -2.40. The van der Waals surface area contributed by atoms with E-state index in [1.165, 1.54) is 12.1 Å². The number of ether oxygens (including phenoxy) is 4. The molecule has 19 heteroatoms. The third kappa shape index (κ3) is 12.4. The fraction of sp³-hybridized carbons (Fsp3) is 0.373. The van der Waals surface area contributed by atoms with Gasteiger partial charge in [-0.15, -0.1) is 0 Å². The molecular formula is C51H56Cl2N4O13. The van der Waals surface area contributed by atoms with Gasteiger partial charge < -0.3 is 64.0 Å². The van der Waals surface area contributed by atoms with Crippen LogP contribution in [0.5, 0.6) is 23.0 Å². The highest BCUT2D eigenvalue weighted by atomic mass is 35.5. The summed E-state index contributed by atoms with van der Waals surface area (Å²) in [5.74, 6) is -0.677. The van der Waals surface area contributed by atoms with Gasteiger partial charge in [0.15, 0.2) is 34.5 Å². The molecule has 4 aliphatic heterocycles. The normalized spacial score (nSPS) is 17.2. The average molecular weight is 1000 g/mol. The maximum Gasteiger partial charge on any atom is 0.380 e. The number of furan rings is 2. The van der Waals surface area contributed by atoms with Crippen LogP contribution in [0.15, 0.2) is 93.8 Å². The Morgan fingerprint density at radius 3 is 1.54 bits per heavy atom. The number of nitrogens with one attached hydrogen (secondary N) is 1. The van der Waals surface area contributed by atoms with E-state index in [0.29, 0.717) is 93.7 Å². The number of carboxylic acid groups (broad SMARTS) is 1. The first kappa shape index (κ1) is 51.7. The van der Waals surface area contributed by atoms with Gasteiger partial charge in [-0.1, -0.05) is 56.6 Å². The number of carbonyl (C=O) groups excluding carboxylic acids is 3. The molecular weight excluding hydrogens is 947 g/mol. The van der Waals surface area contributed by atoms with E-state index in [0.717, 1.165) is 50.0 Å². The van der Waals surface area contributed by atoms with Gasteiger partial charge in [0.1, 0.15) is 43.7 Å². The Morgan fingerprint density at radius 1 is 0.629 bits per heavy atom. The third-order valence-electron chi connectivity index (χ3n) is 11.9. The molecule has 0 radical (unpaired) electrons. The van der Waals surface area contributed by atoms with E-state index in [4.69, 9.17) is 61.8 Å². The summed E-state index contributed by atoms with van der Waals surface area (Å²) in [6.07, 6.45) is -1.74. The molecule has 2 aromatic heterocycles. The van der Waals surface area contributed by atoms with Crippen LogP contribution in [-0.2, 0) is 9.59 Å². The van der Waals surface area contributed by atoms with Crippen molar-refractivity contribution in [3.63, 3.8) is 0 Å². The Kier molecular flexibility index (Phi) is 16.8. The molecule has 6 N–H and O–H groups in total. The van der Waals surface area contributed by atoms with Gasteiger partial charge in [-0.05, 0) is 95.8 Å². The van der Waals surface area contributed by atoms with Gasteiger partial charge in [-0.25, -0.2) is 4.79 Å². The van der Waals surface area contributed by atoms with Gasteiger partial charge in [0, 0.05) is 66.1 Å². The van der Waals surface area contributed by atoms with Crippen molar-refractivity contribution in [1.82, 2.24) is 15.1 Å². The molecule has 372 valence electrons. The summed E-state index contributed by atoms with van der Waals surface area (Å²) in [6.45, 7) is 11.4. The highest BCUT2D eigenvalue weighted by Gasteiger charge is 2.34. The van der Waals surface area contributed by atoms with E-state index in [1.807, 2.05) is 18.2 Å². The zero-order valence-corrected chi connectivity index (χ0v) is 39.3. The number of aliphatic hydroxyl groups is 2. The molecule has 6 heterocycles. The number of amides is 1. The summed E-state index contributed by atoms with van der Waals surface area (Å²) < 4.78 is 32.8. The Labute approximate surface area is 413 Å². The Hall–Kier alpha value is -6.18. The number of aliphatic hydroxyl groups excluding tert-OH is 2. The van der Waals surface area contributed by atoms with Crippen molar-refractivity contribution in [3.05, 3.63) is 118 Å². The maximum atomic E-state index is 12.9. The number of hydrogen-bond donors (Lipinski definition) is 5. The minimum absolute atomic E-state index is 0. The second kappa shape index (κ2) is 22.7. The van der Waals surface area contributed by atoms with E-state index in [1.54, 1.807) is 54.6 Å². The number of Topliss-reactive ketones (excluding diaryl/α,β-unsaturated/α-hetero) is 2. The van der Waals surface area contributed by atoms with E-state index in [2.05, 4.69) is 29.0 Å². The lowest BCUT2D eigenvalue weighted by atomic mass is 9.97. The van der Waals surface area contributed by atoms with Crippen molar-refractivity contribution in [1.29, 1.82) is 0 Å². The topological polar surface area (TPSA) is 237 Å². The number of ketones is 2. The standard InChI is InChI=1S/C25H25ClN2O6.C15H22N2O3.C10H5ClO4.CH4/c1-14-11-28(12-14)13-18(23(29)15-2-4-20-21(9-15)33-7-6-32-20)27-25(31)24(30)22-10-16-8-17(26)3-5-19(16)34-22;1-10-7-17(8-10)9-12(16)15(18)11-2-3-13-14(6-11)20-5-4-19-13;11-6-1-2-7-5(3-6)4-8(15-7)9(12)10(13)14;/h2-5,8-10,14,18,23,29H,6-7,11-13H2,1H3,(H,27,31);2-3,6,10,12,15,18H,4-5,7-9,16H2,1H3;1-4H,(H,13,14);1H4/t18-,23-;12-,15-;;/m11../s1. The first-order valence-electron chi connectivity index (χ1n) is 22.4. The minimum atomic E-state index is -1.54. The highest BCUT2D eigenvalue weighted by Crippen LogP contribution is 2.35. The number of carboxylic acids is 1. The lowest BCUT2D eigenvalue weighted by molar-refractivity contribution is -0.132. The zero-order chi connectivity index (χ0) is 48.9. The molecule has 0 spiro atoms. The molecule has 2 saturated heterocycles. The van der Waals surface area contributed by atoms with Crippen LogP contribution >= 0.6 is 23.2 Å². The molecule has 6 aromatic rings. The van der Waals surface area contributed by atoms with Crippen molar-refractivity contribution in [2.45, 2.75) is 45.6 Å². The number of carbonyl (C=O) groups is 4. The summed E-state index contributed by atoms with van der Waals surface area (Å²) >= 11 is 11.7. The fourth-order valence-electron chi connectivity index (χ4n) is 8.53. The van der Waals surface area contributed by atoms with Gasteiger partial charge in [-0.3, -0.25) is 14.4 Å². The van der Waals surface area contributed by atoms with Crippen LogP contribution in [0, 0.1) is 11.8 Å². The molecule has 1 amide bonds. The van der Waals surface area contributed by atoms with Crippen LogP contribution in [0.25, 0.3) is 21.9 Å². The monoisotopic (exact) mass is 1000 g/mol. The number of halogens is 2. The Bertz CT molecular complexity index is 2840. The number of nitrogens with zero attached hydrogens (tertiary/aromatic N) is 2. The average Bonchev–Trinajstić information content (AvgIpc) is 3.95. The first-order chi connectivity index (χ1) is 33.1. The molecule has 4 atom stereocenters. The van der Waals surface area contributed by atoms with Crippen LogP contribution in [0.1, 0.15) is 65.7 Å². The lowest BCUT2D eigenvalue weighted by Crippen LogP contribution is -2.54. The highest BCUT2D eigenvalue weighted by molar-refractivity contribution is 6.42. The molecule has 4 aliphatic rings. The predicted octanol–water partition coefficient (Wildman–Crippen LogP) is 6.97. The smallest absolute Gasteiger partial charge is 0.380 e. The van der Waals surface area contributed by atoms with Crippen molar-refractivity contribution in [2.75, 3.05) is 65.7 Å². The van der Waals surface area contributed by atoms with Gasteiger partial charge in [0.2, 0.25) is 0 Å². The summed E-state index contributed by atoms with van der Waals surface area (Å²) in [6, 6.07) is 22.3. The molecule has 70 heavy (non-hydrogen) atoms. The molecule has 0 aliphatic carbocycles. The second-order valence-electron chi connectivity index (χ2n) is 17.6. The van der Waals surface area contributed by atoms with Gasteiger partial charge >= 0.3 is 11.8 Å². The quantitative estimate of drug-likeness (QED) is 0.0580. The molecule has 0 saturated carbocycles. The van der Waals surface area contributed by atoms with Crippen molar-refractivity contribution in [3.8, 4) is 23.0 Å². The van der Waals surface area contributed by atoms with Crippen molar-refractivity contribution in [2.24, 2.45) is 17.6 Å². The number of aliphatic carboxylic acids is 1. The molecule has 17 nitrogen and oxygen atoms in total. The second-order valence-corrected chi connectivity index (χ2v) is 18.5. The van der Waals surface area contributed by atoms with Crippen LogP contribution in [0.3, 0.4) is 0 Å². The van der Waals surface area contributed by atoms with Gasteiger partial charge in [-0.2, -0.15) is 0 Å². The summed E-state index contributed by atoms with van der Waals surface area (Å²) in [7, 11) is 0. The molecule has 0 unspecified atom stereocenters. The number of fused-ring (bicyclic) bond motifs is 4. The van der Waals surface area contributed by atoms with Gasteiger partial charge in [0.05, 0.1) is 12.1 Å². The Balaban J connectivity index is 0.000000170.